The Labute approximate surface area is 198 Å². The van der Waals surface area contributed by atoms with Crippen LogP contribution in [0.2, 0.25) is 0 Å². The molecule has 1 saturated carbocycles. The summed E-state index contributed by atoms with van der Waals surface area (Å²) < 4.78 is 0. The number of fused-ring (bicyclic) bond motifs is 2. The fraction of sp³-hybridized carbons (Fsp3) is 0.250. The predicted molar refractivity (Wildman–Crippen MR) is 135 cm³/mol. The second-order valence-electron chi connectivity index (χ2n) is 9.48. The summed E-state index contributed by atoms with van der Waals surface area (Å²) in [5.74, 6) is 0.317. The van der Waals surface area contributed by atoms with E-state index in [1.165, 1.54) is 5.56 Å². The number of H-pyrrole nitrogens is 2. The first-order valence-electron chi connectivity index (χ1n) is 11.9. The molecule has 3 N–H and O–H groups in total. The molecule has 1 aliphatic carbocycles. The van der Waals surface area contributed by atoms with E-state index < -0.39 is 0 Å². The van der Waals surface area contributed by atoms with Crippen LogP contribution in [0.5, 0.6) is 0 Å². The Kier molecular flexibility index (Phi) is 5.13. The van der Waals surface area contributed by atoms with E-state index in [4.69, 9.17) is 0 Å². The largest absolute Gasteiger partial charge is 0.361 e. The molecule has 1 fully saturated rings. The summed E-state index contributed by atoms with van der Waals surface area (Å²) in [7, 11) is 0. The van der Waals surface area contributed by atoms with Crippen LogP contribution in [0.15, 0.2) is 78.6 Å². The minimum Gasteiger partial charge on any atom is -0.361 e. The van der Waals surface area contributed by atoms with E-state index in [2.05, 4.69) is 43.5 Å². The van der Waals surface area contributed by atoms with Crippen LogP contribution in [-0.2, 0) is 11.8 Å². The summed E-state index contributed by atoms with van der Waals surface area (Å²) in [6.07, 6.45) is 15.7. The van der Waals surface area contributed by atoms with Gasteiger partial charge in [0.15, 0.2) is 5.78 Å². The number of imidazole rings is 1. The molecular weight excluding hydrogens is 422 g/mol. The predicted octanol–water partition coefficient (Wildman–Crippen LogP) is 5.76. The van der Waals surface area contributed by atoms with Gasteiger partial charge in [0.25, 0.3) is 0 Å². The molecular formula is C28H27N5O. The molecule has 6 rings (SSSR count). The van der Waals surface area contributed by atoms with Gasteiger partial charge in [-0.2, -0.15) is 0 Å². The van der Waals surface area contributed by atoms with Crippen LogP contribution in [-0.4, -0.2) is 26.9 Å². The molecule has 0 unspecified atom stereocenters. The number of aromatic amines is 2. The maximum Gasteiger partial charge on any atom is 0.165 e. The first kappa shape index (κ1) is 20.7. The summed E-state index contributed by atoms with van der Waals surface area (Å²) in [6.45, 7) is 0. The zero-order chi connectivity index (χ0) is 23.0. The average Bonchev–Trinajstić information content (AvgIpc) is 3.50. The topological polar surface area (TPSA) is 85.9 Å². The maximum absolute atomic E-state index is 13.4. The van der Waals surface area contributed by atoms with Crippen LogP contribution < -0.4 is 5.32 Å². The van der Waals surface area contributed by atoms with Crippen molar-refractivity contribution in [2.75, 3.05) is 5.32 Å². The molecule has 0 bridgehead atoms. The van der Waals surface area contributed by atoms with Gasteiger partial charge in [-0.3, -0.25) is 9.79 Å². The van der Waals surface area contributed by atoms with Gasteiger partial charge >= 0.3 is 0 Å². The van der Waals surface area contributed by atoms with Crippen molar-refractivity contribution in [3.05, 3.63) is 96.0 Å². The number of anilines is 1. The lowest BCUT2D eigenvalue weighted by Gasteiger charge is -2.40. The van der Waals surface area contributed by atoms with E-state index in [-0.39, 0.29) is 17.1 Å². The first-order chi connectivity index (χ1) is 16.7. The summed E-state index contributed by atoms with van der Waals surface area (Å²) >= 11 is 0. The molecule has 4 aromatic rings. The number of ketones is 1. The highest BCUT2D eigenvalue weighted by Gasteiger charge is 2.39. The Balaban J connectivity index is 1.28. The summed E-state index contributed by atoms with van der Waals surface area (Å²) in [4.78, 5) is 28.6. The molecule has 0 spiro atoms. The molecule has 1 aliphatic heterocycles. The number of rotatable bonds is 5. The highest BCUT2D eigenvalue weighted by atomic mass is 16.1. The lowest BCUT2D eigenvalue weighted by Crippen LogP contribution is -2.36. The van der Waals surface area contributed by atoms with Gasteiger partial charge in [-0.25, -0.2) is 4.98 Å². The Bertz CT molecular complexity index is 1390. The molecule has 2 aromatic heterocycles. The summed E-state index contributed by atoms with van der Waals surface area (Å²) in [5.41, 5.74) is 6.32. The van der Waals surface area contributed by atoms with Gasteiger partial charge in [0.2, 0.25) is 0 Å². The van der Waals surface area contributed by atoms with Crippen molar-refractivity contribution in [3.63, 3.8) is 0 Å². The van der Waals surface area contributed by atoms with E-state index >= 15 is 0 Å². The van der Waals surface area contributed by atoms with Crippen molar-refractivity contribution in [1.82, 2.24) is 15.0 Å². The van der Waals surface area contributed by atoms with Gasteiger partial charge in [0, 0.05) is 76.5 Å². The van der Waals surface area contributed by atoms with E-state index in [1.807, 2.05) is 49.1 Å². The van der Waals surface area contributed by atoms with Gasteiger partial charge in [-0.05, 0) is 67.6 Å². The van der Waals surface area contributed by atoms with Crippen LogP contribution in [0.3, 0.4) is 0 Å². The van der Waals surface area contributed by atoms with Gasteiger partial charge < -0.3 is 15.3 Å². The summed E-state index contributed by atoms with van der Waals surface area (Å²) in [5, 5.41) is 4.38. The van der Waals surface area contributed by atoms with Crippen molar-refractivity contribution >= 4 is 28.6 Å². The van der Waals surface area contributed by atoms with E-state index in [9.17, 15) is 4.79 Å². The minimum absolute atomic E-state index is 0.0527. The Morgan fingerprint density at radius 3 is 2.85 bits per heavy atom. The smallest absolute Gasteiger partial charge is 0.165 e. The fourth-order valence-corrected chi connectivity index (χ4v) is 5.60. The van der Waals surface area contributed by atoms with Gasteiger partial charge in [0.1, 0.15) is 0 Å². The molecule has 6 nitrogen and oxygen atoms in total. The van der Waals surface area contributed by atoms with Crippen LogP contribution in [0.1, 0.15) is 52.9 Å². The second-order valence-corrected chi connectivity index (χ2v) is 9.48. The van der Waals surface area contributed by atoms with Crippen molar-refractivity contribution < 1.29 is 4.79 Å². The van der Waals surface area contributed by atoms with E-state index in [0.717, 1.165) is 65.5 Å². The average molecular weight is 450 g/mol. The van der Waals surface area contributed by atoms with Crippen molar-refractivity contribution in [2.45, 2.75) is 37.5 Å². The molecule has 170 valence electrons. The van der Waals surface area contributed by atoms with Gasteiger partial charge in [0.05, 0.1) is 12.0 Å². The summed E-state index contributed by atoms with van der Waals surface area (Å²) in [6, 6.07) is 14.6. The third kappa shape index (κ3) is 3.75. The standard InChI is InChI=1S/C28H27N5O/c34-27(21-1-3-25-20(13-21)7-10-31-25)19-5-8-28(9-6-19,15-24-17-30-18-33-24)23-2-4-26-22(14-23)16-29-11-12-32-26/h1-4,7,10-14,16-19,31-32H,5-6,8-9,15H2,(H,30,33). The van der Waals surface area contributed by atoms with Crippen molar-refractivity contribution in [2.24, 2.45) is 10.9 Å². The number of Topliss-reactive ketones (excluding diaryl/α,β-unsaturated/α-hetero) is 1. The fourth-order valence-electron chi connectivity index (χ4n) is 5.60. The third-order valence-corrected chi connectivity index (χ3v) is 7.50. The molecule has 0 atom stereocenters. The number of carbonyl (C=O) groups is 1. The van der Waals surface area contributed by atoms with Crippen LogP contribution in [0, 0.1) is 5.92 Å². The quantitative estimate of drug-likeness (QED) is 0.339. The maximum atomic E-state index is 13.4. The SMILES string of the molecule is O=C(c1ccc2[nH]ccc2c1)C1CCC(Cc2c[nH]cn2)(c2ccc3c(c2)C=NC=CN3)CC1. The molecule has 0 amide bonds. The lowest BCUT2D eigenvalue weighted by atomic mass is 9.63. The van der Waals surface area contributed by atoms with Crippen LogP contribution in [0.4, 0.5) is 5.69 Å². The van der Waals surface area contributed by atoms with E-state index in [0.29, 0.717) is 0 Å². The number of carbonyl (C=O) groups excluding carboxylic acids is 1. The van der Waals surface area contributed by atoms with E-state index in [1.54, 1.807) is 12.5 Å². The van der Waals surface area contributed by atoms with Gasteiger partial charge in [-0.15, -0.1) is 0 Å². The van der Waals surface area contributed by atoms with Crippen molar-refractivity contribution in [1.29, 1.82) is 0 Å². The number of aliphatic imine (C=N–C) groups is 1. The first-order valence-corrected chi connectivity index (χ1v) is 11.9. The number of hydrogen-bond acceptors (Lipinski definition) is 4. The molecule has 6 heteroatoms. The van der Waals surface area contributed by atoms with Gasteiger partial charge in [-0.1, -0.05) is 6.07 Å². The molecule has 2 aliphatic rings. The second kappa shape index (κ2) is 8.45. The third-order valence-electron chi connectivity index (χ3n) is 7.50. The molecule has 34 heavy (non-hydrogen) atoms. The normalized spacial score (nSPS) is 21.7. The number of nitrogens with one attached hydrogen (secondary N) is 3. The Morgan fingerprint density at radius 1 is 1.09 bits per heavy atom. The van der Waals surface area contributed by atoms with Crippen LogP contribution in [0.25, 0.3) is 10.9 Å². The number of nitrogens with zero attached hydrogens (tertiary/aromatic N) is 2. The lowest BCUT2D eigenvalue weighted by molar-refractivity contribution is 0.0858. The van der Waals surface area contributed by atoms with Crippen LogP contribution >= 0.6 is 0 Å². The zero-order valence-electron chi connectivity index (χ0n) is 18.9. The molecule has 3 heterocycles. The highest BCUT2D eigenvalue weighted by molar-refractivity contribution is 6.01. The number of hydrogen-bond donors (Lipinski definition) is 3. The molecule has 0 radical (unpaired) electrons. The molecule has 2 aromatic carbocycles. The minimum atomic E-state index is -0.0564. The highest BCUT2D eigenvalue weighted by Crippen LogP contribution is 2.45. The Hall–Kier alpha value is -3.93. The zero-order valence-corrected chi connectivity index (χ0v) is 18.9. The Morgan fingerprint density at radius 2 is 2.00 bits per heavy atom. The number of benzene rings is 2. The monoisotopic (exact) mass is 449 g/mol. The molecule has 0 saturated heterocycles. The van der Waals surface area contributed by atoms with Crippen molar-refractivity contribution in [3.8, 4) is 0 Å². The number of aromatic nitrogens is 3.